The summed E-state index contributed by atoms with van der Waals surface area (Å²) in [6.45, 7) is 0.629. The molecule has 0 bridgehead atoms. The molecule has 0 amide bonds. The van der Waals surface area contributed by atoms with E-state index in [1.54, 1.807) is 0 Å². The Labute approximate surface area is 329 Å². The number of fused-ring (bicyclic) bond motifs is 6. The van der Waals surface area contributed by atoms with Crippen LogP contribution in [0.4, 0.5) is 0 Å². The first-order valence-corrected chi connectivity index (χ1v) is 19.8. The van der Waals surface area contributed by atoms with Gasteiger partial charge in [-0.1, -0.05) is 158 Å². The van der Waals surface area contributed by atoms with E-state index in [0.29, 0.717) is 12.4 Å². The zero-order chi connectivity index (χ0) is 37.4. The first-order chi connectivity index (χ1) is 27.7. The fourth-order valence-electron chi connectivity index (χ4n) is 8.00. The Hall–Kier alpha value is -6.79. The smallest absolute Gasteiger partial charge is 0.126 e. The van der Waals surface area contributed by atoms with Gasteiger partial charge in [-0.3, -0.25) is 10.7 Å². The van der Waals surface area contributed by atoms with Gasteiger partial charge in [-0.2, -0.15) is 0 Å². The molecule has 0 saturated carbocycles. The molecule has 0 aliphatic heterocycles. The zero-order valence-electron chi connectivity index (χ0n) is 30.6. The van der Waals surface area contributed by atoms with Crippen LogP contribution in [0, 0.1) is 5.41 Å². The van der Waals surface area contributed by atoms with Crippen molar-refractivity contribution >= 4 is 59.2 Å². The molecule has 2 aromatic heterocycles. The molecule has 0 aliphatic rings. The van der Waals surface area contributed by atoms with Crippen molar-refractivity contribution < 1.29 is 0 Å². The number of hydrogen-bond acceptors (Lipinski definition) is 3. The molecule has 0 aliphatic carbocycles. The van der Waals surface area contributed by atoms with Crippen LogP contribution >= 0.6 is 11.3 Å². The van der Waals surface area contributed by atoms with Crippen LogP contribution in [-0.2, 0) is 6.54 Å². The number of nitrogens with zero attached hydrogens (tertiary/aromatic N) is 1. The Morgan fingerprint density at radius 3 is 2.05 bits per heavy atom. The van der Waals surface area contributed by atoms with Gasteiger partial charge in [0, 0.05) is 48.7 Å². The zero-order valence-corrected chi connectivity index (χ0v) is 31.4. The van der Waals surface area contributed by atoms with Gasteiger partial charge < -0.3 is 9.88 Å². The number of thiophene rings is 1. The molecule has 5 heteroatoms. The van der Waals surface area contributed by atoms with Crippen molar-refractivity contribution in [2.24, 2.45) is 0 Å². The summed E-state index contributed by atoms with van der Waals surface area (Å²) in [6.07, 6.45) is -0.302. The van der Waals surface area contributed by atoms with Crippen molar-refractivity contribution in [2.75, 3.05) is 0 Å². The Kier molecular flexibility index (Phi) is 8.71. The largest absolute Gasteiger partial charge is 0.351 e. The molecule has 56 heavy (non-hydrogen) atoms. The summed E-state index contributed by atoms with van der Waals surface area (Å²) in [4.78, 5) is 0. The average molecular weight is 739 g/mol. The van der Waals surface area contributed by atoms with Crippen LogP contribution in [0.3, 0.4) is 0 Å². The highest BCUT2D eigenvalue weighted by molar-refractivity contribution is 7.26. The second-order valence-corrected chi connectivity index (χ2v) is 15.3. The van der Waals surface area contributed by atoms with Gasteiger partial charge in [-0.05, 0) is 69.8 Å². The number of rotatable bonds is 9. The Morgan fingerprint density at radius 1 is 0.536 bits per heavy atom. The Balaban J connectivity index is 1.02. The SMILES string of the molecule is N=C(NC(NCc1cccc(-c2ccccc2)c1)c1ccc(-n2c3ccccc3c3ccc(-c4cccc5c4sc4ccccc45)cc32)cc1)c1ccccc1. The summed E-state index contributed by atoms with van der Waals surface area (Å²) < 4.78 is 5.02. The minimum atomic E-state index is -0.302. The lowest BCUT2D eigenvalue weighted by Gasteiger charge is -2.23. The van der Waals surface area contributed by atoms with Crippen molar-refractivity contribution in [1.82, 2.24) is 15.2 Å². The highest BCUT2D eigenvalue weighted by Crippen LogP contribution is 2.41. The molecule has 4 nitrogen and oxygen atoms in total. The van der Waals surface area contributed by atoms with Gasteiger partial charge in [0.25, 0.3) is 0 Å². The molecular weight excluding hydrogens is 701 g/mol. The highest BCUT2D eigenvalue weighted by Gasteiger charge is 2.18. The first-order valence-electron chi connectivity index (χ1n) is 19.0. The van der Waals surface area contributed by atoms with E-state index < -0.39 is 0 Å². The molecule has 2 heterocycles. The fourth-order valence-corrected chi connectivity index (χ4v) is 9.24. The van der Waals surface area contributed by atoms with E-state index in [2.05, 4.69) is 173 Å². The third kappa shape index (κ3) is 6.23. The van der Waals surface area contributed by atoms with Crippen molar-refractivity contribution in [3.63, 3.8) is 0 Å². The lowest BCUT2D eigenvalue weighted by Crippen LogP contribution is -2.37. The summed E-state index contributed by atoms with van der Waals surface area (Å²) in [7, 11) is 0. The van der Waals surface area contributed by atoms with Crippen molar-refractivity contribution in [3.8, 4) is 27.9 Å². The lowest BCUT2D eigenvalue weighted by atomic mass is 10.0. The molecule has 1 unspecified atom stereocenters. The third-order valence-electron chi connectivity index (χ3n) is 10.8. The Morgan fingerprint density at radius 2 is 1.21 bits per heavy atom. The molecule has 0 saturated heterocycles. The van der Waals surface area contributed by atoms with Crippen LogP contribution < -0.4 is 10.6 Å². The quantitative estimate of drug-likeness (QED) is 0.0784. The number of para-hydroxylation sites is 1. The Bertz CT molecular complexity index is 3020. The van der Waals surface area contributed by atoms with Crippen LogP contribution in [-0.4, -0.2) is 10.4 Å². The van der Waals surface area contributed by atoms with Gasteiger partial charge in [0.1, 0.15) is 12.0 Å². The molecule has 10 aromatic rings. The van der Waals surface area contributed by atoms with Crippen LogP contribution in [0.15, 0.2) is 194 Å². The number of benzene rings is 8. The van der Waals surface area contributed by atoms with Gasteiger partial charge in [-0.15, -0.1) is 11.3 Å². The van der Waals surface area contributed by atoms with Crippen molar-refractivity contribution in [3.05, 3.63) is 211 Å². The fraction of sp³-hybridized carbons (Fsp3) is 0.0392. The second-order valence-electron chi connectivity index (χ2n) is 14.2. The predicted octanol–water partition coefficient (Wildman–Crippen LogP) is 12.9. The second kappa shape index (κ2) is 14.5. The summed E-state index contributed by atoms with van der Waals surface area (Å²) in [5.41, 5.74) is 11.3. The van der Waals surface area contributed by atoms with E-state index in [0.717, 1.165) is 16.8 Å². The molecular formula is C51H38N4S. The number of aromatic nitrogens is 1. The van der Waals surface area contributed by atoms with Gasteiger partial charge in [0.2, 0.25) is 0 Å². The number of hydrogen-bond donors (Lipinski definition) is 3. The van der Waals surface area contributed by atoms with E-state index in [-0.39, 0.29) is 6.17 Å². The third-order valence-corrected chi connectivity index (χ3v) is 12.0. The number of nitrogens with one attached hydrogen (secondary N) is 3. The first kappa shape index (κ1) is 33.8. The molecule has 3 N–H and O–H groups in total. The van der Waals surface area contributed by atoms with Crippen LogP contribution in [0.25, 0.3) is 69.9 Å². The maximum absolute atomic E-state index is 8.99. The molecule has 1 atom stereocenters. The molecule has 0 spiro atoms. The van der Waals surface area contributed by atoms with Crippen LogP contribution in [0.1, 0.15) is 22.9 Å². The normalized spacial score (nSPS) is 12.1. The van der Waals surface area contributed by atoms with Gasteiger partial charge >= 0.3 is 0 Å². The molecule has 0 radical (unpaired) electrons. The maximum Gasteiger partial charge on any atom is 0.126 e. The van der Waals surface area contributed by atoms with E-state index >= 15 is 0 Å². The highest BCUT2D eigenvalue weighted by atomic mass is 32.1. The maximum atomic E-state index is 8.99. The van der Waals surface area contributed by atoms with Gasteiger partial charge in [0.05, 0.1) is 11.0 Å². The predicted molar refractivity (Wildman–Crippen MR) is 237 cm³/mol. The summed E-state index contributed by atoms with van der Waals surface area (Å²) in [5, 5.41) is 21.3. The average Bonchev–Trinajstić information content (AvgIpc) is 3.81. The molecule has 0 fully saturated rings. The number of amidine groups is 1. The summed E-state index contributed by atoms with van der Waals surface area (Å²) in [6, 6.07) is 68.8. The van der Waals surface area contributed by atoms with E-state index in [4.69, 9.17) is 5.41 Å². The summed E-state index contributed by atoms with van der Waals surface area (Å²) in [5.74, 6) is 0.369. The van der Waals surface area contributed by atoms with E-state index in [1.807, 2.05) is 47.7 Å². The topological polar surface area (TPSA) is 52.8 Å². The standard InChI is InChI=1S/C51H38N4S/c52-50(36-16-5-2-6-17-36)54-51(53-33-34-13-11-18-38(31-34)35-14-3-1-4-15-35)37-25-28-40(29-26-37)55-46-23-9-7-19-42(46)43-30-27-39(32-47(43)55)41-21-12-22-45-44-20-8-10-24-48(44)56-49(41)45/h1-32,51,53H,33H2,(H2,52,54). The monoisotopic (exact) mass is 738 g/mol. The summed E-state index contributed by atoms with van der Waals surface area (Å²) >= 11 is 1.87. The van der Waals surface area contributed by atoms with Gasteiger partial charge in [0.15, 0.2) is 0 Å². The van der Waals surface area contributed by atoms with Crippen LogP contribution in [0.2, 0.25) is 0 Å². The molecule has 10 rings (SSSR count). The van der Waals surface area contributed by atoms with E-state index in [1.165, 1.54) is 69.8 Å². The van der Waals surface area contributed by atoms with Crippen molar-refractivity contribution in [1.29, 1.82) is 5.41 Å². The van der Waals surface area contributed by atoms with Crippen molar-refractivity contribution in [2.45, 2.75) is 12.7 Å². The minimum absolute atomic E-state index is 0.302. The minimum Gasteiger partial charge on any atom is -0.351 e. The lowest BCUT2D eigenvalue weighted by molar-refractivity contribution is 0.504. The van der Waals surface area contributed by atoms with E-state index in [9.17, 15) is 0 Å². The molecule has 8 aromatic carbocycles. The van der Waals surface area contributed by atoms with Gasteiger partial charge in [-0.25, -0.2) is 0 Å². The molecule has 268 valence electrons. The van der Waals surface area contributed by atoms with Crippen LogP contribution in [0.5, 0.6) is 0 Å².